The summed E-state index contributed by atoms with van der Waals surface area (Å²) in [6.45, 7) is 0.0745. The van der Waals surface area contributed by atoms with Gasteiger partial charge in [-0.3, -0.25) is 4.98 Å². The van der Waals surface area contributed by atoms with Crippen LogP contribution in [-0.2, 0) is 13.0 Å². The van der Waals surface area contributed by atoms with Crippen LogP contribution in [-0.4, -0.2) is 12.1 Å². The Bertz CT molecular complexity index is 415. The van der Waals surface area contributed by atoms with Crippen molar-refractivity contribution in [3.05, 3.63) is 23.0 Å². The van der Waals surface area contributed by atoms with Gasteiger partial charge in [0.25, 0.3) is 6.43 Å². The summed E-state index contributed by atoms with van der Waals surface area (Å²) in [6, 6.07) is 1.82. The van der Waals surface area contributed by atoms with Gasteiger partial charge in [0, 0.05) is 23.9 Å². The number of hydrogen-bond acceptors (Lipinski definition) is 4. The molecule has 0 unspecified atom stereocenters. The topological polar surface area (TPSA) is 71.9 Å². The molecule has 0 saturated heterocycles. The fourth-order valence-electron chi connectivity index (χ4n) is 1.43. The molecule has 6 heteroatoms. The van der Waals surface area contributed by atoms with E-state index in [2.05, 4.69) is 4.98 Å². The molecule has 1 aromatic rings. The van der Waals surface area contributed by atoms with E-state index in [-0.39, 0.29) is 29.8 Å². The zero-order valence-electron chi connectivity index (χ0n) is 8.70. The Kier molecular flexibility index (Phi) is 4.14. The summed E-state index contributed by atoms with van der Waals surface area (Å²) < 4.78 is 30.3. The van der Waals surface area contributed by atoms with E-state index in [9.17, 15) is 8.78 Å². The standard InChI is InChI=1S/C10H11F2N3O/c1-16-9-6(2-3-13)7(10(11)12)5-15-8(9)4-14/h5,10H,2,4,14H2,1H3. The van der Waals surface area contributed by atoms with Crippen molar-refractivity contribution in [2.45, 2.75) is 19.4 Å². The van der Waals surface area contributed by atoms with Gasteiger partial charge in [-0.05, 0) is 0 Å². The molecule has 86 valence electrons. The number of rotatable bonds is 4. The molecule has 1 aromatic heterocycles. The fourth-order valence-corrected chi connectivity index (χ4v) is 1.43. The fraction of sp³-hybridized carbons (Fsp3) is 0.400. The molecule has 0 radical (unpaired) electrons. The molecule has 0 spiro atoms. The summed E-state index contributed by atoms with van der Waals surface area (Å²) in [5, 5.41) is 8.61. The zero-order chi connectivity index (χ0) is 12.1. The average Bonchev–Trinajstić information content (AvgIpc) is 2.28. The van der Waals surface area contributed by atoms with Crippen molar-refractivity contribution in [2.24, 2.45) is 5.73 Å². The Morgan fingerprint density at radius 1 is 1.62 bits per heavy atom. The normalized spacial score (nSPS) is 10.2. The Labute approximate surface area is 91.7 Å². The lowest BCUT2D eigenvalue weighted by molar-refractivity contribution is 0.149. The first-order chi connectivity index (χ1) is 7.65. The molecule has 1 heterocycles. The van der Waals surface area contributed by atoms with Crippen molar-refractivity contribution in [1.29, 1.82) is 5.26 Å². The summed E-state index contributed by atoms with van der Waals surface area (Å²) in [4.78, 5) is 3.79. The van der Waals surface area contributed by atoms with E-state index in [1.807, 2.05) is 6.07 Å². The number of methoxy groups -OCH3 is 1. The number of nitriles is 1. The van der Waals surface area contributed by atoms with E-state index < -0.39 is 6.43 Å². The monoisotopic (exact) mass is 227 g/mol. The van der Waals surface area contributed by atoms with Crippen LogP contribution in [0.4, 0.5) is 8.78 Å². The van der Waals surface area contributed by atoms with Crippen molar-refractivity contribution in [3.63, 3.8) is 0 Å². The van der Waals surface area contributed by atoms with Gasteiger partial charge in [0.15, 0.2) is 0 Å². The second-order valence-corrected chi connectivity index (χ2v) is 3.01. The van der Waals surface area contributed by atoms with E-state index in [0.29, 0.717) is 5.69 Å². The molecule has 0 aromatic carbocycles. The molecule has 1 rings (SSSR count). The van der Waals surface area contributed by atoms with Crippen LogP contribution in [0.25, 0.3) is 0 Å². The number of nitrogens with two attached hydrogens (primary N) is 1. The third-order valence-corrected chi connectivity index (χ3v) is 2.13. The highest BCUT2D eigenvalue weighted by Gasteiger charge is 2.20. The lowest BCUT2D eigenvalue weighted by Crippen LogP contribution is -2.08. The van der Waals surface area contributed by atoms with E-state index in [0.717, 1.165) is 6.20 Å². The number of alkyl halides is 2. The molecule has 0 aliphatic carbocycles. The maximum absolute atomic E-state index is 12.7. The molecule has 16 heavy (non-hydrogen) atoms. The number of hydrogen-bond donors (Lipinski definition) is 1. The Morgan fingerprint density at radius 3 is 2.75 bits per heavy atom. The third-order valence-electron chi connectivity index (χ3n) is 2.13. The molecule has 0 amide bonds. The van der Waals surface area contributed by atoms with E-state index in [1.54, 1.807) is 0 Å². The van der Waals surface area contributed by atoms with Gasteiger partial charge in [-0.25, -0.2) is 8.78 Å². The van der Waals surface area contributed by atoms with Crippen LogP contribution in [0.1, 0.15) is 23.2 Å². The van der Waals surface area contributed by atoms with Gasteiger partial charge in [0.2, 0.25) is 0 Å². The van der Waals surface area contributed by atoms with Crippen molar-refractivity contribution in [3.8, 4) is 11.8 Å². The summed E-state index contributed by atoms with van der Waals surface area (Å²) >= 11 is 0. The second-order valence-electron chi connectivity index (χ2n) is 3.01. The van der Waals surface area contributed by atoms with Crippen LogP contribution in [0.5, 0.6) is 5.75 Å². The number of halogens is 2. The smallest absolute Gasteiger partial charge is 0.265 e. The zero-order valence-corrected chi connectivity index (χ0v) is 8.70. The van der Waals surface area contributed by atoms with Crippen LogP contribution in [0, 0.1) is 11.3 Å². The van der Waals surface area contributed by atoms with Gasteiger partial charge in [0.05, 0.1) is 25.3 Å². The van der Waals surface area contributed by atoms with Crippen LogP contribution in [0.15, 0.2) is 6.20 Å². The predicted octanol–water partition coefficient (Wildman–Crippen LogP) is 1.55. The molecular weight excluding hydrogens is 216 g/mol. The van der Waals surface area contributed by atoms with Gasteiger partial charge >= 0.3 is 0 Å². The van der Waals surface area contributed by atoms with Crippen molar-refractivity contribution >= 4 is 0 Å². The Balaban J connectivity index is 3.38. The highest BCUT2D eigenvalue weighted by molar-refractivity contribution is 5.44. The van der Waals surface area contributed by atoms with Crippen molar-refractivity contribution in [2.75, 3.05) is 7.11 Å². The van der Waals surface area contributed by atoms with E-state index in [1.165, 1.54) is 7.11 Å². The lowest BCUT2D eigenvalue weighted by Gasteiger charge is -2.13. The maximum Gasteiger partial charge on any atom is 0.265 e. The number of ether oxygens (including phenoxy) is 1. The Hall–Kier alpha value is -1.74. The van der Waals surface area contributed by atoms with Crippen molar-refractivity contribution < 1.29 is 13.5 Å². The number of nitrogens with zero attached hydrogens (tertiary/aromatic N) is 2. The lowest BCUT2D eigenvalue weighted by atomic mass is 10.0. The largest absolute Gasteiger partial charge is 0.494 e. The van der Waals surface area contributed by atoms with Gasteiger partial charge < -0.3 is 10.5 Å². The molecule has 0 fully saturated rings. The van der Waals surface area contributed by atoms with Crippen LogP contribution < -0.4 is 10.5 Å². The van der Waals surface area contributed by atoms with Crippen LogP contribution in [0.3, 0.4) is 0 Å². The maximum atomic E-state index is 12.7. The summed E-state index contributed by atoms with van der Waals surface area (Å²) in [7, 11) is 1.34. The Morgan fingerprint density at radius 2 is 2.31 bits per heavy atom. The predicted molar refractivity (Wildman–Crippen MR) is 53.0 cm³/mol. The molecule has 4 nitrogen and oxygen atoms in total. The number of aromatic nitrogens is 1. The number of pyridine rings is 1. The third kappa shape index (κ3) is 2.25. The molecule has 0 bridgehead atoms. The highest BCUT2D eigenvalue weighted by atomic mass is 19.3. The van der Waals surface area contributed by atoms with Gasteiger partial charge in [-0.2, -0.15) is 5.26 Å². The van der Waals surface area contributed by atoms with E-state index >= 15 is 0 Å². The summed E-state index contributed by atoms with van der Waals surface area (Å²) in [6.07, 6.45) is -1.79. The minimum absolute atomic E-state index is 0.0745. The molecule has 0 saturated carbocycles. The van der Waals surface area contributed by atoms with Crippen LogP contribution in [0.2, 0.25) is 0 Å². The van der Waals surface area contributed by atoms with Gasteiger partial charge in [-0.15, -0.1) is 0 Å². The average molecular weight is 227 g/mol. The SMILES string of the molecule is COc1c(CN)ncc(C(F)F)c1CC#N. The highest BCUT2D eigenvalue weighted by Crippen LogP contribution is 2.31. The van der Waals surface area contributed by atoms with Crippen LogP contribution >= 0.6 is 0 Å². The summed E-state index contributed by atoms with van der Waals surface area (Å²) in [5.74, 6) is 0.182. The first kappa shape index (κ1) is 12.3. The molecular formula is C10H11F2N3O. The minimum atomic E-state index is -2.68. The van der Waals surface area contributed by atoms with Gasteiger partial charge in [0.1, 0.15) is 5.75 Å². The summed E-state index contributed by atoms with van der Waals surface area (Å²) in [5.41, 5.74) is 5.66. The first-order valence-corrected chi connectivity index (χ1v) is 4.55. The quantitative estimate of drug-likeness (QED) is 0.847. The molecule has 0 atom stereocenters. The van der Waals surface area contributed by atoms with Crippen molar-refractivity contribution in [1.82, 2.24) is 4.98 Å². The van der Waals surface area contributed by atoms with E-state index in [4.69, 9.17) is 15.7 Å². The molecule has 0 aliphatic rings. The molecule has 2 N–H and O–H groups in total. The first-order valence-electron chi connectivity index (χ1n) is 4.55. The minimum Gasteiger partial charge on any atom is -0.494 e. The second kappa shape index (κ2) is 5.37. The molecule has 0 aliphatic heterocycles. The van der Waals surface area contributed by atoms with Gasteiger partial charge in [-0.1, -0.05) is 0 Å².